The lowest BCUT2D eigenvalue weighted by atomic mass is 9.96. The van der Waals surface area contributed by atoms with E-state index >= 15 is 0 Å². The zero-order chi connectivity index (χ0) is 22.3. The van der Waals surface area contributed by atoms with E-state index in [1.807, 2.05) is 41.4 Å². The van der Waals surface area contributed by atoms with Crippen molar-refractivity contribution in [2.75, 3.05) is 25.0 Å². The van der Waals surface area contributed by atoms with Crippen molar-refractivity contribution in [1.29, 1.82) is 0 Å². The summed E-state index contributed by atoms with van der Waals surface area (Å²) in [7, 11) is -1.06. The predicted molar refractivity (Wildman–Crippen MR) is 128 cm³/mol. The predicted octanol–water partition coefficient (Wildman–Crippen LogP) is 5.26. The number of piperidine rings is 1. The Balaban J connectivity index is 1.46. The quantitative estimate of drug-likeness (QED) is 0.424. The highest BCUT2D eigenvalue weighted by molar-refractivity contribution is 6.76. The van der Waals surface area contributed by atoms with E-state index in [9.17, 15) is 4.79 Å². The largest absolute Gasteiger partial charge is 0.445 e. The lowest BCUT2D eigenvalue weighted by molar-refractivity contribution is 0.0783. The molecule has 0 radical (unpaired) electrons. The number of anilines is 1. The van der Waals surface area contributed by atoms with Crippen molar-refractivity contribution in [3.05, 3.63) is 54.4 Å². The molecule has 170 valence electrons. The van der Waals surface area contributed by atoms with Crippen LogP contribution in [0, 0.1) is 5.92 Å². The number of hydrogen-bond acceptors (Lipinski definition) is 4. The Morgan fingerprint density at radius 2 is 1.94 bits per heavy atom. The Morgan fingerprint density at radius 1 is 1.16 bits per heavy atom. The lowest BCUT2D eigenvalue weighted by Crippen LogP contribution is -2.48. The first kappa shape index (κ1) is 23.4. The van der Waals surface area contributed by atoms with Crippen LogP contribution in [0.1, 0.15) is 18.9 Å². The highest BCUT2D eigenvalue weighted by Crippen LogP contribution is 2.21. The zero-order valence-corrected chi connectivity index (χ0v) is 20.3. The Hall–Kier alpha value is -2.25. The molecule has 2 heterocycles. The fourth-order valence-corrected chi connectivity index (χ4v) is 4.56. The molecule has 0 aliphatic carbocycles. The van der Waals surface area contributed by atoms with Gasteiger partial charge in [-0.05, 0) is 30.0 Å². The third kappa shape index (κ3) is 8.07. The van der Waals surface area contributed by atoms with E-state index in [2.05, 4.69) is 48.7 Å². The van der Waals surface area contributed by atoms with E-state index < -0.39 is 8.07 Å². The molecule has 0 bridgehead atoms. The Kier molecular flexibility index (Phi) is 8.20. The molecule has 1 saturated heterocycles. The molecule has 2 atom stereocenters. The third-order valence-electron chi connectivity index (χ3n) is 5.48. The number of carbonyl (C=O) groups is 1. The van der Waals surface area contributed by atoms with Crippen molar-refractivity contribution in [3.63, 3.8) is 0 Å². The molecule has 1 aliphatic heterocycles. The van der Waals surface area contributed by atoms with Crippen LogP contribution in [0.3, 0.4) is 0 Å². The van der Waals surface area contributed by atoms with Crippen molar-refractivity contribution in [3.8, 4) is 0 Å². The maximum atomic E-state index is 12.6. The topological polar surface area (TPSA) is 55.7 Å². The molecule has 1 aromatic heterocycles. The molecule has 2 aromatic rings. The molecule has 1 amide bonds. The second-order valence-corrected chi connectivity index (χ2v) is 15.5. The van der Waals surface area contributed by atoms with Gasteiger partial charge in [-0.2, -0.15) is 0 Å². The highest BCUT2D eigenvalue weighted by atomic mass is 28.3. The van der Waals surface area contributed by atoms with Crippen LogP contribution in [0.25, 0.3) is 0 Å². The van der Waals surface area contributed by atoms with Gasteiger partial charge in [-0.3, -0.25) is 0 Å². The molecular weight excluding hydrogens is 406 g/mol. The first-order valence-electron chi connectivity index (χ1n) is 11.2. The summed E-state index contributed by atoms with van der Waals surface area (Å²) in [6.45, 7) is 12.3. The summed E-state index contributed by atoms with van der Waals surface area (Å²) < 4.78 is 13.4. The molecule has 1 N–H and O–H groups in total. The van der Waals surface area contributed by atoms with E-state index in [0.29, 0.717) is 25.8 Å². The van der Waals surface area contributed by atoms with Gasteiger partial charge in [0.2, 0.25) is 0 Å². The lowest BCUT2D eigenvalue weighted by Gasteiger charge is -2.36. The third-order valence-corrected chi connectivity index (χ3v) is 7.19. The van der Waals surface area contributed by atoms with Crippen molar-refractivity contribution in [1.82, 2.24) is 9.47 Å². The summed E-state index contributed by atoms with van der Waals surface area (Å²) >= 11 is 0. The number of aromatic nitrogens is 1. The molecule has 1 fully saturated rings. The fraction of sp³-hybridized carbons (Fsp3) is 0.542. The monoisotopic (exact) mass is 443 g/mol. The van der Waals surface area contributed by atoms with E-state index in [0.717, 1.165) is 30.8 Å². The SMILES string of the molecule is C[C@H]1C[C@@H](Nc2ccn(COCC[Si](C)(C)C)c2)CN(C(=O)OCc2ccccc2)C1. The Morgan fingerprint density at radius 3 is 2.68 bits per heavy atom. The Bertz CT molecular complexity index is 819. The molecule has 0 unspecified atom stereocenters. The van der Waals surface area contributed by atoms with Crippen LogP contribution >= 0.6 is 0 Å². The fourth-order valence-electron chi connectivity index (χ4n) is 3.81. The molecule has 31 heavy (non-hydrogen) atoms. The number of carbonyl (C=O) groups excluding carboxylic acids is 1. The molecule has 3 rings (SSSR count). The molecule has 1 aromatic carbocycles. The van der Waals surface area contributed by atoms with Gasteiger partial charge in [-0.25, -0.2) is 4.79 Å². The zero-order valence-electron chi connectivity index (χ0n) is 19.3. The van der Waals surface area contributed by atoms with Gasteiger partial charge in [0, 0.05) is 46.2 Å². The van der Waals surface area contributed by atoms with Gasteiger partial charge in [-0.1, -0.05) is 56.9 Å². The van der Waals surface area contributed by atoms with Gasteiger partial charge in [-0.15, -0.1) is 0 Å². The molecule has 7 heteroatoms. The van der Waals surface area contributed by atoms with E-state index in [1.165, 1.54) is 6.04 Å². The average molecular weight is 444 g/mol. The number of rotatable bonds is 9. The van der Waals surface area contributed by atoms with Crippen molar-refractivity contribution in [2.24, 2.45) is 5.92 Å². The molecule has 1 aliphatic rings. The first-order chi connectivity index (χ1) is 14.8. The smallest absolute Gasteiger partial charge is 0.410 e. The van der Waals surface area contributed by atoms with Crippen LogP contribution in [0.4, 0.5) is 10.5 Å². The van der Waals surface area contributed by atoms with Crippen LogP contribution < -0.4 is 5.32 Å². The number of likely N-dealkylation sites (tertiary alicyclic amines) is 1. The number of hydrogen-bond donors (Lipinski definition) is 1. The van der Waals surface area contributed by atoms with Gasteiger partial charge >= 0.3 is 6.09 Å². The van der Waals surface area contributed by atoms with Crippen molar-refractivity contribution in [2.45, 2.75) is 58.4 Å². The van der Waals surface area contributed by atoms with E-state index in [1.54, 1.807) is 0 Å². The minimum absolute atomic E-state index is 0.205. The standard InChI is InChI=1S/C24H37N3O3Si/c1-20-14-23(17-27(15-20)24(28)30-18-21-8-6-5-7-9-21)25-22-10-11-26(16-22)19-29-12-13-31(2,3)4/h5-11,16,20,23,25H,12-15,17-19H2,1-4H3/t20-,23+/m0/s1. The van der Waals surface area contributed by atoms with Crippen LogP contribution in [0.15, 0.2) is 48.8 Å². The van der Waals surface area contributed by atoms with Crippen LogP contribution in [-0.2, 0) is 22.8 Å². The number of ether oxygens (including phenoxy) is 2. The van der Waals surface area contributed by atoms with Crippen LogP contribution in [-0.4, -0.2) is 49.4 Å². The highest BCUT2D eigenvalue weighted by Gasteiger charge is 2.29. The number of nitrogens with zero attached hydrogens (tertiary/aromatic N) is 2. The molecule has 6 nitrogen and oxygen atoms in total. The summed E-state index contributed by atoms with van der Waals surface area (Å²) in [4.78, 5) is 14.4. The number of amides is 1. The maximum absolute atomic E-state index is 12.6. The van der Waals surface area contributed by atoms with Crippen LogP contribution in [0.5, 0.6) is 0 Å². The number of nitrogens with one attached hydrogen (secondary N) is 1. The average Bonchev–Trinajstić information content (AvgIpc) is 3.16. The van der Waals surface area contributed by atoms with Gasteiger partial charge in [0.15, 0.2) is 0 Å². The first-order valence-corrected chi connectivity index (χ1v) is 14.9. The summed E-state index contributed by atoms with van der Waals surface area (Å²) in [6.07, 6.45) is 4.90. The summed E-state index contributed by atoms with van der Waals surface area (Å²) in [6, 6.07) is 13.3. The summed E-state index contributed by atoms with van der Waals surface area (Å²) in [5, 5.41) is 3.59. The second-order valence-electron chi connectivity index (χ2n) is 9.89. The van der Waals surface area contributed by atoms with Crippen molar-refractivity contribution >= 4 is 19.9 Å². The number of benzene rings is 1. The molecule has 0 saturated carbocycles. The minimum Gasteiger partial charge on any atom is -0.445 e. The normalized spacial score (nSPS) is 19.3. The maximum Gasteiger partial charge on any atom is 0.410 e. The minimum atomic E-state index is -1.06. The van der Waals surface area contributed by atoms with Crippen LogP contribution in [0.2, 0.25) is 25.7 Å². The molecular formula is C24H37N3O3Si. The van der Waals surface area contributed by atoms with Crippen molar-refractivity contribution < 1.29 is 14.3 Å². The Labute approximate surface area is 187 Å². The van der Waals surface area contributed by atoms with E-state index in [-0.39, 0.29) is 12.1 Å². The van der Waals surface area contributed by atoms with E-state index in [4.69, 9.17) is 9.47 Å². The van der Waals surface area contributed by atoms with Gasteiger partial charge in [0.1, 0.15) is 13.3 Å². The van der Waals surface area contributed by atoms with Gasteiger partial charge < -0.3 is 24.3 Å². The summed E-state index contributed by atoms with van der Waals surface area (Å²) in [5.41, 5.74) is 2.06. The summed E-state index contributed by atoms with van der Waals surface area (Å²) in [5.74, 6) is 0.419. The molecule has 0 spiro atoms. The second kappa shape index (κ2) is 10.9. The van der Waals surface area contributed by atoms with Gasteiger partial charge in [0.05, 0.1) is 5.69 Å². The van der Waals surface area contributed by atoms with Gasteiger partial charge in [0.25, 0.3) is 0 Å².